The van der Waals surface area contributed by atoms with Gasteiger partial charge in [-0.25, -0.2) is 4.99 Å². The summed E-state index contributed by atoms with van der Waals surface area (Å²) < 4.78 is 22.0. The molecule has 0 unspecified atom stereocenters. The first kappa shape index (κ1) is 28.6. The van der Waals surface area contributed by atoms with E-state index in [1.165, 1.54) is 11.8 Å². The van der Waals surface area contributed by atoms with E-state index >= 15 is 0 Å². The van der Waals surface area contributed by atoms with E-state index in [9.17, 15) is 9.59 Å². The van der Waals surface area contributed by atoms with Gasteiger partial charge in [0.25, 0.3) is 11.8 Å². The van der Waals surface area contributed by atoms with Gasteiger partial charge in [0.15, 0.2) is 23.3 Å². The molecule has 1 aliphatic rings. The molecule has 1 fully saturated rings. The normalized spacial score (nSPS) is 14.9. The minimum atomic E-state index is -0.338. The monoisotopic (exact) mass is 561 g/mol. The highest BCUT2D eigenvalue weighted by Crippen LogP contribution is 2.36. The maximum Gasteiger partial charge on any atom is 0.266 e. The summed E-state index contributed by atoms with van der Waals surface area (Å²) in [4.78, 5) is 32.5. The van der Waals surface area contributed by atoms with Crippen LogP contribution in [-0.2, 0) is 9.59 Å². The maximum absolute atomic E-state index is 13.1. The molecule has 1 saturated heterocycles. The molecule has 0 radical (unpaired) electrons. The summed E-state index contributed by atoms with van der Waals surface area (Å²) >= 11 is 1.31. The van der Waals surface area contributed by atoms with Gasteiger partial charge >= 0.3 is 0 Å². The second-order valence-corrected chi connectivity index (χ2v) is 9.44. The van der Waals surface area contributed by atoms with Crippen molar-refractivity contribution in [2.45, 2.75) is 13.8 Å². The zero-order valence-electron chi connectivity index (χ0n) is 22.8. The number of likely N-dealkylation sites (N-methyl/N-ethyl adjacent to an activating group) is 1. The molecular formula is C30H31N3O6S. The van der Waals surface area contributed by atoms with Crippen molar-refractivity contribution < 1.29 is 28.5 Å². The van der Waals surface area contributed by atoms with E-state index in [4.69, 9.17) is 18.9 Å². The summed E-state index contributed by atoms with van der Waals surface area (Å²) in [5.74, 6) is 1.72. The number of amides is 2. The lowest BCUT2D eigenvalue weighted by Gasteiger charge is -2.14. The lowest BCUT2D eigenvalue weighted by Crippen LogP contribution is -2.28. The molecule has 2 amide bonds. The van der Waals surface area contributed by atoms with Gasteiger partial charge in [-0.05, 0) is 85.8 Å². The van der Waals surface area contributed by atoms with Crippen molar-refractivity contribution in [3.8, 4) is 23.0 Å². The molecule has 1 heterocycles. The second kappa shape index (κ2) is 13.6. The predicted octanol–water partition coefficient (Wildman–Crippen LogP) is 5.74. The number of nitrogens with zero attached hydrogens (tertiary/aromatic N) is 2. The molecule has 3 aromatic carbocycles. The lowest BCUT2D eigenvalue weighted by molar-refractivity contribution is -0.122. The highest BCUT2D eigenvalue weighted by Gasteiger charge is 2.32. The highest BCUT2D eigenvalue weighted by molar-refractivity contribution is 8.18. The van der Waals surface area contributed by atoms with Crippen molar-refractivity contribution in [3.05, 3.63) is 77.2 Å². The molecule has 0 atom stereocenters. The number of thioether (sulfide) groups is 1. The number of para-hydroxylation sites is 2. The van der Waals surface area contributed by atoms with Crippen LogP contribution in [0.2, 0.25) is 0 Å². The van der Waals surface area contributed by atoms with E-state index in [1.54, 1.807) is 55.5 Å². The fraction of sp³-hybridized carbons (Fsp3) is 0.233. The van der Waals surface area contributed by atoms with Gasteiger partial charge in [0.05, 0.1) is 37.1 Å². The average Bonchev–Trinajstić information content (AvgIpc) is 3.26. The minimum Gasteiger partial charge on any atom is -0.497 e. The number of carbonyl (C=O) groups is 2. The molecule has 3 aromatic rings. The summed E-state index contributed by atoms with van der Waals surface area (Å²) in [5.41, 5.74) is 2.04. The Morgan fingerprint density at radius 2 is 1.73 bits per heavy atom. The second-order valence-electron chi connectivity index (χ2n) is 8.43. The summed E-state index contributed by atoms with van der Waals surface area (Å²) in [6.07, 6.45) is 1.80. The van der Waals surface area contributed by atoms with E-state index in [2.05, 4.69) is 10.3 Å². The Morgan fingerprint density at radius 3 is 2.42 bits per heavy atom. The van der Waals surface area contributed by atoms with Crippen LogP contribution >= 0.6 is 11.8 Å². The maximum atomic E-state index is 13.1. The van der Waals surface area contributed by atoms with Crippen LogP contribution in [0.4, 0.5) is 11.4 Å². The zero-order chi connectivity index (χ0) is 28.5. The Labute approximate surface area is 237 Å². The Bertz CT molecular complexity index is 1420. The molecule has 0 saturated carbocycles. The Kier molecular flexibility index (Phi) is 9.69. The molecule has 1 aliphatic heterocycles. The third kappa shape index (κ3) is 6.95. The van der Waals surface area contributed by atoms with Crippen molar-refractivity contribution in [1.29, 1.82) is 0 Å². The first-order chi connectivity index (χ1) is 19.4. The Morgan fingerprint density at radius 1 is 0.950 bits per heavy atom. The number of ether oxygens (including phenoxy) is 4. The van der Waals surface area contributed by atoms with Crippen LogP contribution in [0.1, 0.15) is 19.4 Å². The topological polar surface area (TPSA) is 98.7 Å². The Hall–Kier alpha value is -4.44. The highest BCUT2D eigenvalue weighted by atomic mass is 32.2. The van der Waals surface area contributed by atoms with Crippen molar-refractivity contribution >= 4 is 46.2 Å². The van der Waals surface area contributed by atoms with Crippen molar-refractivity contribution in [1.82, 2.24) is 4.90 Å². The van der Waals surface area contributed by atoms with Crippen LogP contribution < -0.4 is 24.3 Å². The van der Waals surface area contributed by atoms with E-state index < -0.39 is 0 Å². The number of nitrogens with one attached hydrogen (secondary N) is 1. The molecule has 9 nitrogen and oxygen atoms in total. The molecule has 208 valence electrons. The van der Waals surface area contributed by atoms with Gasteiger partial charge in [0.1, 0.15) is 11.5 Å². The number of hydrogen-bond donors (Lipinski definition) is 1. The smallest absolute Gasteiger partial charge is 0.266 e. The molecule has 4 rings (SSSR count). The van der Waals surface area contributed by atoms with Crippen molar-refractivity contribution in [3.63, 3.8) is 0 Å². The molecule has 1 N–H and O–H groups in total. The third-order valence-corrected chi connectivity index (χ3v) is 6.81. The molecule has 40 heavy (non-hydrogen) atoms. The molecule has 0 spiro atoms. The molecule has 10 heteroatoms. The van der Waals surface area contributed by atoms with Gasteiger partial charge in [-0.1, -0.05) is 18.2 Å². The summed E-state index contributed by atoms with van der Waals surface area (Å²) in [5, 5.41) is 3.39. The van der Waals surface area contributed by atoms with Gasteiger partial charge in [0.2, 0.25) is 0 Å². The number of methoxy groups -OCH3 is 2. The van der Waals surface area contributed by atoms with Gasteiger partial charge in [-0.3, -0.25) is 14.5 Å². The van der Waals surface area contributed by atoms with Gasteiger partial charge in [-0.15, -0.1) is 0 Å². The van der Waals surface area contributed by atoms with Gasteiger partial charge in [-0.2, -0.15) is 0 Å². The molecular weight excluding hydrogens is 530 g/mol. The largest absolute Gasteiger partial charge is 0.497 e. The van der Waals surface area contributed by atoms with Crippen LogP contribution in [-0.4, -0.2) is 55.9 Å². The van der Waals surface area contributed by atoms with Crippen LogP contribution in [0.5, 0.6) is 23.0 Å². The minimum absolute atomic E-state index is 0.119. The number of aliphatic imine (C=N–C) groups is 1. The number of carbonyl (C=O) groups excluding carboxylic acids is 2. The predicted molar refractivity (Wildman–Crippen MR) is 158 cm³/mol. The third-order valence-electron chi connectivity index (χ3n) is 5.81. The van der Waals surface area contributed by atoms with Crippen LogP contribution in [0, 0.1) is 0 Å². The fourth-order valence-corrected chi connectivity index (χ4v) is 4.93. The first-order valence-corrected chi connectivity index (χ1v) is 13.5. The van der Waals surface area contributed by atoms with E-state index in [0.717, 1.165) is 17.0 Å². The first-order valence-electron chi connectivity index (χ1n) is 12.7. The lowest BCUT2D eigenvalue weighted by atomic mass is 10.2. The average molecular weight is 562 g/mol. The number of hydrogen-bond acceptors (Lipinski definition) is 8. The number of rotatable bonds is 11. The van der Waals surface area contributed by atoms with E-state index in [1.807, 2.05) is 50.2 Å². The van der Waals surface area contributed by atoms with Gasteiger partial charge in [0, 0.05) is 6.54 Å². The summed E-state index contributed by atoms with van der Waals surface area (Å²) in [6.45, 7) is 4.45. The summed E-state index contributed by atoms with van der Waals surface area (Å²) in [7, 11) is 3.15. The molecule has 0 aromatic heterocycles. The number of amidine groups is 1. The molecule has 0 aliphatic carbocycles. The van der Waals surface area contributed by atoms with E-state index in [-0.39, 0.29) is 18.4 Å². The van der Waals surface area contributed by atoms with Crippen molar-refractivity contribution in [2.24, 2.45) is 4.99 Å². The fourth-order valence-electron chi connectivity index (χ4n) is 3.87. The SMILES string of the molecule is CCOc1cc(/C=C2\SC(=Nc3ccc(OC)cc3)N(CC)C2=O)ccc1OCC(=O)Nc1ccccc1OC. The number of anilines is 1. The van der Waals surface area contributed by atoms with Crippen LogP contribution in [0.3, 0.4) is 0 Å². The van der Waals surface area contributed by atoms with Gasteiger partial charge < -0.3 is 24.3 Å². The molecule has 0 bridgehead atoms. The Balaban J connectivity index is 1.49. The van der Waals surface area contributed by atoms with Crippen LogP contribution in [0.15, 0.2) is 76.6 Å². The standard InChI is InChI=1S/C30H31N3O6S/c1-5-33-29(35)27(40-30(33)31-21-12-14-22(36-3)15-13-21)18-20-11-16-25(26(17-20)38-6-2)39-19-28(34)32-23-9-7-8-10-24(23)37-4/h7-18H,5-6,19H2,1-4H3,(H,32,34)/b27-18-,31-30?. The zero-order valence-corrected chi connectivity index (χ0v) is 23.6. The van der Waals surface area contributed by atoms with E-state index in [0.29, 0.717) is 46.2 Å². The van der Waals surface area contributed by atoms with Crippen molar-refractivity contribution in [2.75, 3.05) is 39.3 Å². The number of benzene rings is 3. The quantitative estimate of drug-likeness (QED) is 0.298. The summed E-state index contributed by atoms with van der Waals surface area (Å²) in [6, 6.07) is 19.8. The van der Waals surface area contributed by atoms with Crippen LogP contribution in [0.25, 0.3) is 6.08 Å².